The first kappa shape index (κ1) is 16.2. The van der Waals surface area contributed by atoms with Crippen molar-refractivity contribution in [2.45, 2.75) is 26.7 Å². The molecule has 7 nitrogen and oxygen atoms in total. The number of nitrogen functional groups attached to an aromatic ring is 1. The van der Waals surface area contributed by atoms with Gasteiger partial charge in [0.25, 0.3) is 0 Å². The van der Waals surface area contributed by atoms with Gasteiger partial charge in [-0.3, -0.25) is 4.79 Å². The van der Waals surface area contributed by atoms with E-state index in [0.29, 0.717) is 12.4 Å². The molecule has 0 aliphatic rings. The van der Waals surface area contributed by atoms with Crippen molar-refractivity contribution in [1.82, 2.24) is 14.9 Å². The fourth-order valence-electron chi connectivity index (χ4n) is 1.93. The van der Waals surface area contributed by atoms with Crippen LogP contribution < -0.4 is 16.2 Å². The molecule has 0 atom stereocenters. The van der Waals surface area contributed by atoms with Gasteiger partial charge < -0.3 is 15.2 Å². The number of nitrogens with two attached hydrogens (primary N) is 1. The molecule has 1 amide bonds. The SMILES string of the molecule is CCN(CC(=O)N(C)C)c1ncnc(NN)c1C(C)C. The minimum Gasteiger partial charge on any atom is -0.347 e. The van der Waals surface area contributed by atoms with E-state index in [1.165, 1.54) is 6.33 Å². The van der Waals surface area contributed by atoms with E-state index in [1.807, 2.05) is 25.7 Å². The molecule has 1 rings (SSSR count). The second kappa shape index (κ2) is 7.04. The van der Waals surface area contributed by atoms with Crippen molar-refractivity contribution in [3.05, 3.63) is 11.9 Å². The van der Waals surface area contributed by atoms with Crippen LogP contribution in [0.4, 0.5) is 11.6 Å². The van der Waals surface area contributed by atoms with Crippen molar-refractivity contribution in [2.24, 2.45) is 5.84 Å². The van der Waals surface area contributed by atoms with Crippen LogP contribution in [0, 0.1) is 0 Å². The third-order valence-electron chi connectivity index (χ3n) is 3.08. The van der Waals surface area contributed by atoms with Gasteiger partial charge in [-0.15, -0.1) is 0 Å². The minimum absolute atomic E-state index is 0.0300. The molecule has 0 bridgehead atoms. The number of carbonyl (C=O) groups excluding carboxylic acids is 1. The third kappa shape index (κ3) is 3.57. The van der Waals surface area contributed by atoms with Gasteiger partial charge in [-0.1, -0.05) is 13.8 Å². The second-order valence-corrected chi connectivity index (χ2v) is 5.06. The van der Waals surface area contributed by atoms with Gasteiger partial charge in [-0.25, -0.2) is 15.8 Å². The van der Waals surface area contributed by atoms with Crippen molar-refractivity contribution in [3.63, 3.8) is 0 Å². The summed E-state index contributed by atoms with van der Waals surface area (Å²) in [4.78, 5) is 23.9. The highest BCUT2D eigenvalue weighted by Crippen LogP contribution is 2.30. The van der Waals surface area contributed by atoms with Gasteiger partial charge in [-0.05, 0) is 12.8 Å². The van der Waals surface area contributed by atoms with Crippen LogP contribution in [-0.4, -0.2) is 48.0 Å². The standard InChI is InChI=1S/C13H24N6O/c1-6-19(7-10(20)18(4)5)13-11(9(2)3)12(17-14)15-8-16-13/h8-9H,6-7,14H2,1-5H3,(H,15,16,17). The molecule has 0 radical (unpaired) electrons. The van der Waals surface area contributed by atoms with Gasteiger partial charge in [0.1, 0.15) is 18.0 Å². The maximum Gasteiger partial charge on any atom is 0.241 e. The summed E-state index contributed by atoms with van der Waals surface area (Å²) in [5.74, 6) is 7.09. The van der Waals surface area contributed by atoms with Gasteiger partial charge in [0.2, 0.25) is 5.91 Å². The quantitative estimate of drug-likeness (QED) is 0.592. The molecular weight excluding hydrogens is 256 g/mol. The largest absolute Gasteiger partial charge is 0.347 e. The monoisotopic (exact) mass is 280 g/mol. The summed E-state index contributed by atoms with van der Waals surface area (Å²) in [6, 6.07) is 0. The number of carbonyl (C=O) groups is 1. The minimum atomic E-state index is 0.0300. The molecule has 3 N–H and O–H groups in total. The maximum atomic E-state index is 11.9. The van der Waals surface area contributed by atoms with E-state index in [1.54, 1.807) is 19.0 Å². The van der Waals surface area contributed by atoms with E-state index in [9.17, 15) is 4.79 Å². The Hall–Kier alpha value is -1.89. The zero-order valence-electron chi connectivity index (χ0n) is 12.8. The van der Waals surface area contributed by atoms with E-state index in [-0.39, 0.29) is 18.4 Å². The Morgan fingerprint density at radius 2 is 2.05 bits per heavy atom. The molecule has 0 aromatic carbocycles. The molecule has 7 heteroatoms. The predicted octanol–water partition coefficient (Wildman–Crippen LogP) is 0.800. The Bertz CT molecular complexity index is 460. The highest BCUT2D eigenvalue weighted by molar-refractivity contribution is 5.81. The Morgan fingerprint density at radius 3 is 2.50 bits per heavy atom. The normalized spacial score (nSPS) is 10.6. The molecule has 1 aromatic rings. The van der Waals surface area contributed by atoms with Crippen molar-refractivity contribution in [2.75, 3.05) is 37.5 Å². The molecule has 1 heterocycles. The predicted molar refractivity (Wildman–Crippen MR) is 80.5 cm³/mol. The van der Waals surface area contributed by atoms with E-state index >= 15 is 0 Å². The Morgan fingerprint density at radius 1 is 1.40 bits per heavy atom. The molecule has 0 spiro atoms. The zero-order valence-corrected chi connectivity index (χ0v) is 12.8. The number of rotatable bonds is 6. The van der Waals surface area contributed by atoms with Gasteiger partial charge in [0.05, 0.1) is 6.54 Å². The van der Waals surface area contributed by atoms with Crippen LogP contribution in [0.15, 0.2) is 6.33 Å². The Balaban J connectivity index is 3.18. The molecule has 0 unspecified atom stereocenters. The number of hydrazine groups is 1. The lowest BCUT2D eigenvalue weighted by atomic mass is 10.0. The molecule has 0 saturated carbocycles. The first-order valence-corrected chi connectivity index (χ1v) is 6.68. The van der Waals surface area contributed by atoms with Crippen LogP contribution >= 0.6 is 0 Å². The van der Waals surface area contributed by atoms with E-state index in [0.717, 1.165) is 11.4 Å². The van der Waals surface area contributed by atoms with E-state index in [4.69, 9.17) is 5.84 Å². The lowest BCUT2D eigenvalue weighted by molar-refractivity contribution is -0.127. The van der Waals surface area contributed by atoms with Crippen LogP contribution in [0.25, 0.3) is 0 Å². The number of nitrogens with zero attached hydrogens (tertiary/aromatic N) is 4. The molecule has 1 aromatic heterocycles. The number of anilines is 2. The lowest BCUT2D eigenvalue weighted by Gasteiger charge is -2.27. The van der Waals surface area contributed by atoms with Crippen molar-refractivity contribution in [3.8, 4) is 0 Å². The summed E-state index contributed by atoms with van der Waals surface area (Å²) < 4.78 is 0. The van der Waals surface area contributed by atoms with Gasteiger partial charge in [-0.2, -0.15) is 0 Å². The van der Waals surface area contributed by atoms with Crippen LogP contribution in [0.2, 0.25) is 0 Å². The number of aromatic nitrogens is 2. The summed E-state index contributed by atoms with van der Waals surface area (Å²) >= 11 is 0. The van der Waals surface area contributed by atoms with E-state index in [2.05, 4.69) is 15.4 Å². The average Bonchev–Trinajstić information content (AvgIpc) is 2.43. The highest BCUT2D eigenvalue weighted by Gasteiger charge is 2.20. The average molecular weight is 280 g/mol. The number of hydrogen-bond donors (Lipinski definition) is 2. The number of amides is 1. The van der Waals surface area contributed by atoms with Crippen LogP contribution in [0.3, 0.4) is 0 Å². The van der Waals surface area contributed by atoms with Gasteiger partial charge >= 0.3 is 0 Å². The second-order valence-electron chi connectivity index (χ2n) is 5.06. The summed E-state index contributed by atoms with van der Waals surface area (Å²) in [7, 11) is 3.48. The molecule has 0 aliphatic heterocycles. The Kier molecular flexibility index (Phi) is 5.69. The Labute approximate surface area is 120 Å². The molecular formula is C13H24N6O. The topological polar surface area (TPSA) is 87.4 Å². The number of hydrogen-bond acceptors (Lipinski definition) is 6. The lowest BCUT2D eigenvalue weighted by Crippen LogP contribution is -2.37. The zero-order chi connectivity index (χ0) is 15.3. The van der Waals surface area contributed by atoms with Crippen molar-refractivity contribution >= 4 is 17.5 Å². The van der Waals surface area contributed by atoms with E-state index < -0.39 is 0 Å². The number of nitrogens with one attached hydrogen (secondary N) is 1. The molecule has 20 heavy (non-hydrogen) atoms. The molecule has 0 fully saturated rings. The summed E-state index contributed by atoms with van der Waals surface area (Å²) in [6.07, 6.45) is 1.46. The smallest absolute Gasteiger partial charge is 0.241 e. The molecule has 0 aliphatic carbocycles. The first-order valence-electron chi connectivity index (χ1n) is 6.68. The molecule has 0 saturated heterocycles. The summed E-state index contributed by atoms with van der Waals surface area (Å²) in [6.45, 7) is 7.05. The van der Waals surface area contributed by atoms with Crippen molar-refractivity contribution < 1.29 is 4.79 Å². The first-order chi connectivity index (χ1) is 9.42. The molecule has 112 valence electrons. The van der Waals surface area contributed by atoms with Gasteiger partial charge in [0.15, 0.2) is 0 Å². The number of likely N-dealkylation sites (N-methyl/N-ethyl adjacent to an activating group) is 2. The van der Waals surface area contributed by atoms with Crippen molar-refractivity contribution in [1.29, 1.82) is 0 Å². The van der Waals surface area contributed by atoms with Crippen LogP contribution in [0.1, 0.15) is 32.3 Å². The fraction of sp³-hybridized carbons (Fsp3) is 0.615. The van der Waals surface area contributed by atoms with Gasteiger partial charge in [0, 0.05) is 26.2 Å². The summed E-state index contributed by atoms with van der Waals surface area (Å²) in [5, 5.41) is 0. The van der Waals surface area contributed by atoms with Crippen LogP contribution in [-0.2, 0) is 4.79 Å². The van der Waals surface area contributed by atoms with Crippen LogP contribution in [0.5, 0.6) is 0 Å². The summed E-state index contributed by atoms with van der Waals surface area (Å²) in [5.41, 5.74) is 3.52. The fourth-order valence-corrected chi connectivity index (χ4v) is 1.93. The third-order valence-corrected chi connectivity index (χ3v) is 3.08. The maximum absolute atomic E-state index is 11.9. The highest BCUT2D eigenvalue weighted by atomic mass is 16.2.